The second kappa shape index (κ2) is 7.85. The van der Waals surface area contributed by atoms with Crippen molar-refractivity contribution in [2.45, 2.75) is 64.3 Å². The molecule has 20 heavy (non-hydrogen) atoms. The Labute approximate surface area is 141 Å². The third kappa shape index (κ3) is 4.01. The molecule has 3 fully saturated rings. The zero-order valence-electron chi connectivity index (χ0n) is 12.8. The number of nitrogens with one attached hydrogen (secondary N) is 1. The molecule has 1 heterocycles. The van der Waals surface area contributed by atoms with Gasteiger partial charge in [0.05, 0.1) is 0 Å². The lowest BCUT2D eigenvalue weighted by atomic mass is 9.85. The smallest absolute Gasteiger partial charge is 0.194 e. The Bertz CT molecular complexity index is 320. The van der Waals surface area contributed by atoms with Gasteiger partial charge in [-0.15, -0.1) is 24.0 Å². The molecule has 0 bridgehead atoms. The molecule has 0 aromatic rings. The van der Waals surface area contributed by atoms with Crippen LogP contribution in [-0.4, -0.2) is 36.5 Å². The van der Waals surface area contributed by atoms with Crippen LogP contribution in [0.2, 0.25) is 0 Å². The number of halogens is 1. The summed E-state index contributed by atoms with van der Waals surface area (Å²) < 4.78 is 0. The van der Waals surface area contributed by atoms with E-state index in [1.165, 1.54) is 70.4 Å². The van der Waals surface area contributed by atoms with Gasteiger partial charge in [0.2, 0.25) is 0 Å². The third-order valence-corrected chi connectivity index (χ3v) is 5.12. The molecule has 2 saturated carbocycles. The van der Waals surface area contributed by atoms with E-state index < -0.39 is 0 Å². The molecule has 0 amide bonds. The van der Waals surface area contributed by atoms with Gasteiger partial charge < -0.3 is 10.2 Å². The van der Waals surface area contributed by atoms with Crippen molar-refractivity contribution in [1.29, 1.82) is 0 Å². The Balaban J connectivity index is 0.00000147. The van der Waals surface area contributed by atoms with E-state index in [-0.39, 0.29) is 24.0 Å². The summed E-state index contributed by atoms with van der Waals surface area (Å²) in [5, 5.41) is 3.76. The summed E-state index contributed by atoms with van der Waals surface area (Å²) in [5.74, 6) is 3.15. The normalized spacial score (nSPS) is 31.1. The van der Waals surface area contributed by atoms with Crippen LogP contribution in [0.5, 0.6) is 0 Å². The largest absolute Gasteiger partial charge is 0.353 e. The molecule has 1 aliphatic heterocycles. The Hall–Kier alpha value is 0. The van der Waals surface area contributed by atoms with E-state index in [2.05, 4.69) is 17.1 Å². The van der Waals surface area contributed by atoms with Gasteiger partial charge in [-0.05, 0) is 38.0 Å². The highest BCUT2D eigenvalue weighted by atomic mass is 127. The fourth-order valence-corrected chi connectivity index (χ4v) is 3.95. The van der Waals surface area contributed by atoms with Crippen molar-refractivity contribution in [3.8, 4) is 0 Å². The lowest BCUT2D eigenvalue weighted by molar-refractivity contribution is 0.314. The van der Waals surface area contributed by atoms with Crippen LogP contribution in [0.4, 0.5) is 0 Å². The van der Waals surface area contributed by atoms with Crippen molar-refractivity contribution in [3.05, 3.63) is 0 Å². The standard InChI is InChI=1S/C16H29N3.HI/c1-2-17-16(19-10-6-7-11-19)18-15-12-14(15)13-8-4-3-5-9-13;/h13-15H,2-12H2,1H3,(H,17,18);1H. The maximum absolute atomic E-state index is 4.70. The van der Waals surface area contributed by atoms with Crippen LogP contribution in [0.25, 0.3) is 0 Å². The first-order valence-electron chi connectivity index (χ1n) is 8.44. The molecule has 1 N–H and O–H groups in total. The summed E-state index contributed by atoms with van der Waals surface area (Å²) in [6.45, 7) is 5.45. The SMILES string of the molecule is CCN=C(NC1CC1C1CCCCC1)N1CCCC1.I. The summed E-state index contributed by atoms with van der Waals surface area (Å²) in [7, 11) is 0. The predicted molar refractivity (Wildman–Crippen MR) is 95.8 cm³/mol. The number of aliphatic imine (C=N–C) groups is 1. The van der Waals surface area contributed by atoms with Crippen molar-refractivity contribution in [1.82, 2.24) is 10.2 Å². The highest BCUT2D eigenvalue weighted by Gasteiger charge is 2.43. The molecule has 2 unspecified atom stereocenters. The molecular formula is C16H30IN3. The van der Waals surface area contributed by atoms with Gasteiger partial charge in [0, 0.05) is 25.7 Å². The Morgan fingerprint density at radius 3 is 2.45 bits per heavy atom. The van der Waals surface area contributed by atoms with E-state index in [4.69, 9.17) is 4.99 Å². The fraction of sp³-hybridized carbons (Fsp3) is 0.938. The fourth-order valence-electron chi connectivity index (χ4n) is 3.95. The van der Waals surface area contributed by atoms with E-state index in [0.717, 1.165) is 24.4 Å². The molecule has 0 aromatic carbocycles. The maximum atomic E-state index is 4.70. The van der Waals surface area contributed by atoms with Gasteiger partial charge in [-0.1, -0.05) is 32.1 Å². The van der Waals surface area contributed by atoms with Gasteiger partial charge >= 0.3 is 0 Å². The molecule has 3 nitrogen and oxygen atoms in total. The molecule has 1 saturated heterocycles. The number of nitrogens with zero attached hydrogens (tertiary/aromatic N) is 2. The molecule has 0 spiro atoms. The van der Waals surface area contributed by atoms with E-state index >= 15 is 0 Å². The first-order chi connectivity index (χ1) is 9.38. The monoisotopic (exact) mass is 391 g/mol. The van der Waals surface area contributed by atoms with Crippen molar-refractivity contribution in [3.63, 3.8) is 0 Å². The quantitative estimate of drug-likeness (QED) is 0.452. The molecule has 0 radical (unpaired) electrons. The molecular weight excluding hydrogens is 361 g/mol. The minimum Gasteiger partial charge on any atom is -0.353 e. The van der Waals surface area contributed by atoms with Crippen LogP contribution in [-0.2, 0) is 0 Å². The average Bonchev–Trinajstić information content (AvgIpc) is 3.00. The minimum absolute atomic E-state index is 0. The average molecular weight is 391 g/mol. The van der Waals surface area contributed by atoms with E-state index in [1.807, 2.05) is 0 Å². The van der Waals surface area contributed by atoms with Crippen molar-refractivity contribution < 1.29 is 0 Å². The summed E-state index contributed by atoms with van der Waals surface area (Å²) >= 11 is 0. The van der Waals surface area contributed by atoms with Crippen LogP contribution in [0.1, 0.15) is 58.3 Å². The summed E-state index contributed by atoms with van der Waals surface area (Å²) in [6.07, 6.45) is 11.4. The lowest BCUT2D eigenvalue weighted by Gasteiger charge is -2.24. The number of rotatable bonds is 3. The predicted octanol–water partition coefficient (Wildman–Crippen LogP) is 3.63. The minimum atomic E-state index is 0. The zero-order chi connectivity index (χ0) is 13.1. The maximum Gasteiger partial charge on any atom is 0.194 e. The summed E-state index contributed by atoms with van der Waals surface area (Å²) in [5.41, 5.74) is 0. The van der Waals surface area contributed by atoms with Crippen LogP contribution in [0, 0.1) is 11.8 Å². The van der Waals surface area contributed by atoms with Crippen LogP contribution >= 0.6 is 24.0 Å². The molecule has 3 rings (SSSR count). The summed E-state index contributed by atoms with van der Waals surface area (Å²) in [6, 6.07) is 0.731. The Morgan fingerprint density at radius 2 is 1.80 bits per heavy atom. The van der Waals surface area contributed by atoms with E-state index in [9.17, 15) is 0 Å². The van der Waals surface area contributed by atoms with Crippen molar-refractivity contribution in [2.75, 3.05) is 19.6 Å². The van der Waals surface area contributed by atoms with Crippen LogP contribution in [0.3, 0.4) is 0 Å². The van der Waals surface area contributed by atoms with Gasteiger partial charge in [-0.3, -0.25) is 4.99 Å². The Morgan fingerprint density at radius 1 is 1.10 bits per heavy atom. The number of guanidine groups is 1. The van der Waals surface area contributed by atoms with Gasteiger partial charge in [0.1, 0.15) is 0 Å². The molecule has 4 heteroatoms. The molecule has 0 aromatic heterocycles. The first-order valence-corrected chi connectivity index (χ1v) is 8.44. The molecule has 3 aliphatic rings. The van der Waals surface area contributed by atoms with E-state index in [0.29, 0.717) is 0 Å². The second-order valence-electron chi connectivity index (χ2n) is 6.54. The van der Waals surface area contributed by atoms with Crippen LogP contribution in [0.15, 0.2) is 4.99 Å². The summed E-state index contributed by atoms with van der Waals surface area (Å²) in [4.78, 5) is 7.16. The third-order valence-electron chi connectivity index (χ3n) is 5.12. The molecule has 116 valence electrons. The van der Waals surface area contributed by atoms with Crippen molar-refractivity contribution >= 4 is 29.9 Å². The zero-order valence-corrected chi connectivity index (χ0v) is 15.1. The number of hydrogen-bond donors (Lipinski definition) is 1. The van der Waals surface area contributed by atoms with Crippen molar-refractivity contribution in [2.24, 2.45) is 16.8 Å². The Kier molecular flexibility index (Phi) is 6.43. The van der Waals surface area contributed by atoms with Gasteiger partial charge in [-0.25, -0.2) is 0 Å². The number of likely N-dealkylation sites (tertiary alicyclic amines) is 1. The first kappa shape index (κ1) is 16.4. The highest BCUT2D eigenvalue weighted by molar-refractivity contribution is 14.0. The van der Waals surface area contributed by atoms with E-state index in [1.54, 1.807) is 0 Å². The van der Waals surface area contributed by atoms with Gasteiger partial charge in [-0.2, -0.15) is 0 Å². The second-order valence-corrected chi connectivity index (χ2v) is 6.54. The topological polar surface area (TPSA) is 27.6 Å². The van der Waals surface area contributed by atoms with Crippen LogP contribution < -0.4 is 5.32 Å². The molecule has 2 aliphatic carbocycles. The lowest BCUT2D eigenvalue weighted by Crippen LogP contribution is -2.41. The number of hydrogen-bond acceptors (Lipinski definition) is 1. The van der Waals surface area contributed by atoms with Gasteiger partial charge in [0.25, 0.3) is 0 Å². The highest BCUT2D eigenvalue weighted by Crippen LogP contribution is 2.44. The molecule has 2 atom stereocenters. The van der Waals surface area contributed by atoms with Gasteiger partial charge in [0.15, 0.2) is 5.96 Å².